The largest absolute Gasteiger partial charge is 0.397 e. The van der Waals surface area contributed by atoms with Crippen LogP contribution in [0, 0.1) is 0 Å². The highest BCUT2D eigenvalue weighted by Crippen LogP contribution is 2.20. The molecule has 2 heterocycles. The number of rotatable bonds is 2. The van der Waals surface area contributed by atoms with Gasteiger partial charge in [0.25, 0.3) is 0 Å². The molecule has 84 valence electrons. The summed E-state index contributed by atoms with van der Waals surface area (Å²) in [5.74, 6) is 0.628. The molecule has 0 bridgehead atoms. The van der Waals surface area contributed by atoms with Crippen molar-refractivity contribution in [1.82, 2.24) is 25.3 Å². The Morgan fingerprint density at radius 2 is 2.00 bits per heavy atom. The molecule has 7 nitrogen and oxygen atoms in total. The molecule has 2 aromatic heterocycles. The first-order chi connectivity index (χ1) is 8.33. The molecule has 0 amide bonds. The first kappa shape index (κ1) is 9.52. The average Bonchev–Trinajstić information content (AvgIpc) is 2.79. The van der Waals surface area contributed by atoms with Crippen molar-refractivity contribution in [3.63, 3.8) is 0 Å². The number of nitrogens with one attached hydrogen (secondary N) is 1. The van der Waals surface area contributed by atoms with E-state index in [0.29, 0.717) is 17.2 Å². The SMILES string of the molecule is Nc1ccccc1Nc1ccc2nnnn2n1. The van der Waals surface area contributed by atoms with E-state index in [1.54, 1.807) is 12.1 Å². The van der Waals surface area contributed by atoms with Gasteiger partial charge in [0.2, 0.25) is 0 Å². The van der Waals surface area contributed by atoms with Crippen LogP contribution >= 0.6 is 0 Å². The van der Waals surface area contributed by atoms with Crippen molar-refractivity contribution in [1.29, 1.82) is 0 Å². The van der Waals surface area contributed by atoms with Gasteiger partial charge in [-0.3, -0.25) is 0 Å². The van der Waals surface area contributed by atoms with Gasteiger partial charge >= 0.3 is 0 Å². The molecule has 17 heavy (non-hydrogen) atoms. The maximum Gasteiger partial charge on any atom is 0.200 e. The summed E-state index contributed by atoms with van der Waals surface area (Å²) < 4.78 is 1.35. The van der Waals surface area contributed by atoms with Crippen LogP contribution < -0.4 is 11.1 Å². The third-order valence-corrected chi connectivity index (χ3v) is 2.29. The van der Waals surface area contributed by atoms with Gasteiger partial charge in [0.15, 0.2) is 11.5 Å². The average molecular weight is 227 g/mol. The Hall–Kier alpha value is -2.70. The highest BCUT2D eigenvalue weighted by atomic mass is 15.6. The van der Waals surface area contributed by atoms with E-state index in [-0.39, 0.29) is 0 Å². The van der Waals surface area contributed by atoms with Crippen LogP contribution in [0.25, 0.3) is 5.65 Å². The highest BCUT2D eigenvalue weighted by molar-refractivity contribution is 5.70. The lowest BCUT2D eigenvalue weighted by molar-refractivity contribution is 0.736. The normalized spacial score (nSPS) is 10.6. The Balaban J connectivity index is 1.97. The van der Waals surface area contributed by atoms with Gasteiger partial charge in [-0.25, -0.2) is 0 Å². The molecular formula is C10H9N7. The molecule has 0 saturated heterocycles. The molecule has 0 fully saturated rings. The summed E-state index contributed by atoms with van der Waals surface area (Å²) in [7, 11) is 0. The van der Waals surface area contributed by atoms with E-state index < -0.39 is 0 Å². The van der Waals surface area contributed by atoms with Crippen molar-refractivity contribution in [3.8, 4) is 0 Å². The molecular weight excluding hydrogens is 218 g/mol. The summed E-state index contributed by atoms with van der Waals surface area (Å²) in [5.41, 5.74) is 7.87. The summed E-state index contributed by atoms with van der Waals surface area (Å²) in [6.45, 7) is 0. The van der Waals surface area contributed by atoms with Gasteiger partial charge in [0.1, 0.15) is 0 Å². The monoisotopic (exact) mass is 227 g/mol. The fraction of sp³-hybridized carbons (Fsp3) is 0. The summed E-state index contributed by atoms with van der Waals surface area (Å²) in [5, 5.41) is 18.3. The molecule has 0 spiro atoms. The Morgan fingerprint density at radius 3 is 2.88 bits per heavy atom. The first-order valence-electron chi connectivity index (χ1n) is 5.00. The van der Waals surface area contributed by atoms with E-state index in [0.717, 1.165) is 5.69 Å². The van der Waals surface area contributed by atoms with Gasteiger partial charge in [-0.05, 0) is 34.7 Å². The predicted molar refractivity (Wildman–Crippen MR) is 62.7 cm³/mol. The zero-order valence-electron chi connectivity index (χ0n) is 8.78. The van der Waals surface area contributed by atoms with Gasteiger partial charge in [-0.1, -0.05) is 12.1 Å². The van der Waals surface area contributed by atoms with Crippen LogP contribution in [-0.2, 0) is 0 Å². The maximum atomic E-state index is 5.82. The molecule has 0 aliphatic rings. The van der Waals surface area contributed by atoms with E-state index in [1.165, 1.54) is 4.63 Å². The number of fused-ring (bicyclic) bond motifs is 1. The van der Waals surface area contributed by atoms with Crippen LogP contribution in [-0.4, -0.2) is 25.3 Å². The first-order valence-corrected chi connectivity index (χ1v) is 5.00. The summed E-state index contributed by atoms with van der Waals surface area (Å²) >= 11 is 0. The van der Waals surface area contributed by atoms with E-state index >= 15 is 0 Å². The van der Waals surface area contributed by atoms with Gasteiger partial charge < -0.3 is 11.1 Å². The minimum Gasteiger partial charge on any atom is -0.397 e. The number of hydrogen-bond donors (Lipinski definition) is 2. The Morgan fingerprint density at radius 1 is 1.12 bits per heavy atom. The van der Waals surface area contributed by atoms with Gasteiger partial charge in [-0.15, -0.1) is 14.8 Å². The van der Waals surface area contributed by atoms with E-state index in [2.05, 4.69) is 25.9 Å². The van der Waals surface area contributed by atoms with Crippen molar-refractivity contribution in [2.24, 2.45) is 0 Å². The molecule has 7 heteroatoms. The summed E-state index contributed by atoms with van der Waals surface area (Å²) in [6, 6.07) is 11.0. The molecule has 0 unspecified atom stereocenters. The number of nitrogens with two attached hydrogens (primary N) is 1. The number of nitrogen functional groups attached to an aromatic ring is 1. The molecule has 3 aromatic rings. The molecule has 1 aromatic carbocycles. The summed E-state index contributed by atoms with van der Waals surface area (Å²) in [4.78, 5) is 0. The number of tetrazole rings is 1. The van der Waals surface area contributed by atoms with Crippen LogP contribution in [0.2, 0.25) is 0 Å². The smallest absolute Gasteiger partial charge is 0.200 e. The Labute approximate surface area is 96.2 Å². The van der Waals surface area contributed by atoms with Gasteiger partial charge in [0.05, 0.1) is 11.4 Å². The molecule has 0 radical (unpaired) electrons. The van der Waals surface area contributed by atoms with E-state index in [1.807, 2.05) is 24.3 Å². The molecule has 0 aliphatic heterocycles. The van der Waals surface area contributed by atoms with Crippen LogP contribution in [0.4, 0.5) is 17.2 Å². The number of aromatic nitrogens is 5. The van der Waals surface area contributed by atoms with Crippen LogP contribution in [0.15, 0.2) is 36.4 Å². The maximum absolute atomic E-state index is 5.82. The van der Waals surface area contributed by atoms with Crippen molar-refractivity contribution in [3.05, 3.63) is 36.4 Å². The number of anilines is 3. The number of hydrogen-bond acceptors (Lipinski definition) is 6. The van der Waals surface area contributed by atoms with Crippen molar-refractivity contribution < 1.29 is 0 Å². The molecule has 0 saturated carbocycles. The second kappa shape index (κ2) is 3.71. The lowest BCUT2D eigenvalue weighted by Crippen LogP contribution is -2.01. The molecule has 0 aliphatic carbocycles. The quantitative estimate of drug-likeness (QED) is 0.630. The Kier molecular flexibility index (Phi) is 2.08. The predicted octanol–water partition coefficient (Wildman–Crippen LogP) is 0.845. The lowest BCUT2D eigenvalue weighted by Gasteiger charge is -2.07. The zero-order valence-corrected chi connectivity index (χ0v) is 8.78. The Bertz CT molecular complexity index is 660. The van der Waals surface area contributed by atoms with Gasteiger partial charge in [-0.2, -0.15) is 0 Å². The fourth-order valence-electron chi connectivity index (χ4n) is 1.47. The van der Waals surface area contributed by atoms with Gasteiger partial charge in [0, 0.05) is 0 Å². The standard InChI is InChI=1S/C10H9N7/c11-7-3-1-2-4-8(7)12-9-5-6-10-13-15-16-17(10)14-9/h1-6H,11H2,(H,12,14). The number of para-hydroxylation sites is 2. The zero-order chi connectivity index (χ0) is 11.7. The third kappa shape index (κ3) is 1.73. The highest BCUT2D eigenvalue weighted by Gasteiger charge is 2.02. The molecule has 0 atom stereocenters. The van der Waals surface area contributed by atoms with Crippen LogP contribution in [0.3, 0.4) is 0 Å². The molecule has 3 N–H and O–H groups in total. The second-order valence-corrected chi connectivity index (χ2v) is 3.46. The van der Waals surface area contributed by atoms with E-state index in [9.17, 15) is 0 Å². The van der Waals surface area contributed by atoms with Crippen molar-refractivity contribution >= 4 is 22.8 Å². The molecule has 3 rings (SSSR count). The second-order valence-electron chi connectivity index (χ2n) is 3.46. The minimum atomic E-state index is 0.594. The summed E-state index contributed by atoms with van der Waals surface area (Å²) in [6.07, 6.45) is 0. The van der Waals surface area contributed by atoms with Crippen LogP contribution in [0.5, 0.6) is 0 Å². The lowest BCUT2D eigenvalue weighted by atomic mass is 10.3. The van der Waals surface area contributed by atoms with Crippen LogP contribution in [0.1, 0.15) is 0 Å². The third-order valence-electron chi connectivity index (χ3n) is 2.29. The van der Waals surface area contributed by atoms with E-state index in [4.69, 9.17) is 5.73 Å². The van der Waals surface area contributed by atoms with Crippen molar-refractivity contribution in [2.45, 2.75) is 0 Å². The topological polar surface area (TPSA) is 94.0 Å². The number of benzene rings is 1. The fourth-order valence-corrected chi connectivity index (χ4v) is 1.47. The van der Waals surface area contributed by atoms with Crippen molar-refractivity contribution in [2.75, 3.05) is 11.1 Å². The number of nitrogens with zero attached hydrogens (tertiary/aromatic N) is 5. The minimum absolute atomic E-state index is 0.594.